The van der Waals surface area contributed by atoms with Crippen LogP contribution in [0.5, 0.6) is 0 Å². The summed E-state index contributed by atoms with van der Waals surface area (Å²) in [5.41, 5.74) is 5.38. The molecule has 0 spiro atoms. The quantitative estimate of drug-likeness (QED) is 0.604. The van der Waals surface area contributed by atoms with E-state index in [-0.39, 0.29) is 10.6 Å². The molecule has 1 aromatic carbocycles. The molecule has 1 rings (SSSR count). The second kappa shape index (κ2) is 3.57. The topological polar surface area (TPSA) is 60.2 Å². The van der Waals surface area contributed by atoms with Crippen molar-refractivity contribution in [1.29, 1.82) is 0 Å². The molecule has 0 saturated carbocycles. The van der Waals surface area contributed by atoms with Gasteiger partial charge in [-0.25, -0.2) is 12.8 Å². The highest BCUT2D eigenvalue weighted by atomic mass is 32.2. The van der Waals surface area contributed by atoms with Gasteiger partial charge in [0, 0.05) is 0 Å². The zero-order valence-electron chi connectivity index (χ0n) is 7.99. The van der Waals surface area contributed by atoms with Gasteiger partial charge >= 0.3 is 0 Å². The van der Waals surface area contributed by atoms with Gasteiger partial charge < -0.3 is 5.73 Å². The molecular weight excluding hydrogens is 205 g/mol. The third-order valence-corrected chi connectivity index (χ3v) is 4.13. The number of rotatable bonds is 2. The zero-order chi connectivity index (χ0) is 10.9. The van der Waals surface area contributed by atoms with Crippen molar-refractivity contribution in [2.45, 2.75) is 24.0 Å². The first-order chi connectivity index (χ1) is 6.35. The molecule has 0 fully saturated rings. The Morgan fingerprint density at radius 2 is 1.93 bits per heavy atom. The molecule has 0 aromatic heterocycles. The molecule has 0 aliphatic carbocycles. The Hall–Kier alpha value is -1.10. The van der Waals surface area contributed by atoms with Gasteiger partial charge in [-0.2, -0.15) is 0 Å². The Kier molecular flexibility index (Phi) is 2.80. The number of hydrogen-bond acceptors (Lipinski definition) is 3. The van der Waals surface area contributed by atoms with Gasteiger partial charge in [0.2, 0.25) is 0 Å². The molecule has 0 radical (unpaired) electrons. The Balaban J connectivity index is 3.35. The van der Waals surface area contributed by atoms with Crippen LogP contribution in [0.25, 0.3) is 0 Å². The van der Waals surface area contributed by atoms with E-state index in [2.05, 4.69) is 0 Å². The highest BCUT2D eigenvalue weighted by Crippen LogP contribution is 2.23. The molecule has 0 atom stereocenters. The van der Waals surface area contributed by atoms with Crippen LogP contribution in [-0.4, -0.2) is 13.7 Å². The molecule has 0 saturated heterocycles. The standard InChI is InChI=1S/C9H12FNO2S/c1-6(2)14(12,13)9-4-3-7(10)5-8(9)11/h3-6H,11H2,1-2H3. The zero-order valence-corrected chi connectivity index (χ0v) is 8.81. The number of nitrogens with two attached hydrogens (primary N) is 1. The lowest BCUT2D eigenvalue weighted by Crippen LogP contribution is -2.15. The number of benzene rings is 1. The summed E-state index contributed by atoms with van der Waals surface area (Å²) >= 11 is 0. The van der Waals surface area contributed by atoms with Crippen LogP contribution in [0.3, 0.4) is 0 Å². The predicted octanol–water partition coefficient (Wildman–Crippen LogP) is 1.59. The molecule has 0 bridgehead atoms. The van der Waals surface area contributed by atoms with Crippen molar-refractivity contribution >= 4 is 15.5 Å². The normalized spacial score (nSPS) is 12.0. The van der Waals surface area contributed by atoms with Crippen LogP contribution in [0.2, 0.25) is 0 Å². The number of sulfone groups is 1. The van der Waals surface area contributed by atoms with Crippen LogP contribution in [0.15, 0.2) is 23.1 Å². The maximum absolute atomic E-state index is 12.7. The molecule has 1 aromatic rings. The monoisotopic (exact) mass is 217 g/mol. The first-order valence-corrected chi connectivity index (χ1v) is 5.69. The number of nitrogen functional groups attached to an aromatic ring is 1. The average molecular weight is 217 g/mol. The van der Waals surface area contributed by atoms with E-state index in [0.717, 1.165) is 12.1 Å². The van der Waals surface area contributed by atoms with Gasteiger partial charge in [-0.15, -0.1) is 0 Å². The van der Waals surface area contributed by atoms with E-state index in [1.807, 2.05) is 0 Å². The molecule has 2 N–H and O–H groups in total. The van der Waals surface area contributed by atoms with E-state index in [1.54, 1.807) is 13.8 Å². The van der Waals surface area contributed by atoms with Gasteiger partial charge in [-0.3, -0.25) is 0 Å². The number of halogens is 1. The Bertz CT molecular complexity index is 440. The lowest BCUT2D eigenvalue weighted by molar-refractivity contribution is 0.587. The molecule has 14 heavy (non-hydrogen) atoms. The van der Waals surface area contributed by atoms with Crippen molar-refractivity contribution in [2.24, 2.45) is 0 Å². The summed E-state index contributed by atoms with van der Waals surface area (Å²) < 4.78 is 36.0. The maximum Gasteiger partial charge on any atom is 0.182 e. The van der Waals surface area contributed by atoms with Gasteiger partial charge in [0.1, 0.15) is 5.82 Å². The summed E-state index contributed by atoms with van der Waals surface area (Å²) in [4.78, 5) is -0.00565. The van der Waals surface area contributed by atoms with Crippen molar-refractivity contribution in [2.75, 3.05) is 5.73 Å². The fourth-order valence-corrected chi connectivity index (χ4v) is 2.19. The molecular formula is C9H12FNO2S. The van der Waals surface area contributed by atoms with E-state index in [4.69, 9.17) is 5.73 Å². The van der Waals surface area contributed by atoms with Crippen LogP contribution >= 0.6 is 0 Å². The van der Waals surface area contributed by atoms with Crippen LogP contribution in [0, 0.1) is 5.82 Å². The summed E-state index contributed by atoms with van der Waals surface area (Å²) in [6.45, 7) is 3.11. The minimum Gasteiger partial charge on any atom is -0.398 e. The molecule has 5 heteroatoms. The van der Waals surface area contributed by atoms with Crippen LogP contribution in [0.4, 0.5) is 10.1 Å². The molecule has 78 valence electrons. The van der Waals surface area contributed by atoms with Gasteiger partial charge in [0.15, 0.2) is 9.84 Å². The fourth-order valence-electron chi connectivity index (χ4n) is 1.03. The molecule has 3 nitrogen and oxygen atoms in total. The molecule has 0 aliphatic rings. The Labute approximate surface area is 82.7 Å². The summed E-state index contributed by atoms with van der Waals surface area (Å²) in [5, 5.41) is -0.560. The SMILES string of the molecule is CC(C)S(=O)(=O)c1ccc(F)cc1N. The molecule has 0 amide bonds. The summed E-state index contributed by atoms with van der Waals surface area (Å²) in [6, 6.07) is 3.29. The maximum atomic E-state index is 12.7. The smallest absolute Gasteiger partial charge is 0.182 e. The van der Waals surface area contributed by atoms with Gasteiger partial charge in [0.25, 0.3) is 0 Å². The van der Waals surface area contributed by atoms with E-state index < -0.39 is 20.9 Å². The third-order valence-electron chi connectivity index (χ3n) is 1.90. The third kappa shape index (κ3) is 1.87. The van der Waals surface area contributed by atoms with E-state index in [9.17, 15) is 12.8 Å². The van der Waals surface area contributed by atoms with Gasteiger partial charge in [-0.1, -0.05) is 0 Å². The van der Waals surface area contributed by atoms with Gasteiger partial charge in [-0.05, 0) is 32.0 Å². The highest BCUT2D eigenvalue weighted by Gasteiger charge is 2.21. The van der Waals surface area contributed by atoms with Crippen molar-refractivity contribution in [3.05, 3.63) is 24.0 Å². The summed E-state index contributed by atoms with van der Waals surface area (Å²) in [5.74, 6) is -0.537. The number of hydrogen-bond donors (Lipinski definition) is 1. The van der Waals surface area contributed by atoms with Crippen molar-refractivity contribution in [1.82, 2.24) is 0 Å². The predicted molar refractivity (Wildman–Crippen MR) is 53.1 cm³/mol. The van der Waals surface area contributed by atoms with E-state index >= 15 is 0 Å². The first-order valence-electron chi connectivity index (χ1n) is 4.14. The van der Waals surface area contributed by atoms with Crippen molar-refractivity contribution in [3.63, 3.8) is 0 Å². The summed E-state index contributed by atoms with van der Waals surface area (Å²) in [6.07, 6.45) is 0. The van der Waals surface area contributed by atoms with Crippen LogP contribution < -0.4 is 5.73 Å². The van der Waals surface area contributed by atoms with Crippen LogP contribution in [-0.2, 0) is 9.84 Å². The summed E-state index contributed by atoms with van der Waals surface area (Å²) in [7, 11) is -3.42. The Morgan fingerprint density at radius 1 is 1.36 bits per heavy atom. The lowest BCUT2D eigenvalue weighted by Gasteiger charge is -2.09. The largest absolute Gasteiger partial charge is 0.398 e. The second-order valence-electron chi connectivity index (χ2n) is 3.28. The Morgan fingerprint density at radius 3 is 2.36 bits per heavy atom. The van der Waals surface area contributed by atoms with Crippen molar-refractivity contribution in [3.8, 4) is 0 Å². The fraction of sp³-hybridized carbons (Fsp3) is 0.333. The molecule has 0 heterocycles. The molecule has 0 unspecified atom stereocenters. The van der Waals surface area contributed by atoms with E-state index in [1.165, 1.54) is 6.07 Å². The lowest BCUT2D eigenvalue weighted by atomic mass is 10.3. The minimum atomic E-state index is -3.42. The van der Waals surface area contributed by atoms with E-state index in [0.29, 0.717) is 0 Å². The molecule has 0 aliphatic heterocycles. The first kappa shape index (κ1) is 11.0. The number of anilines is 1. The average Bonchev–Trinajstić information content (AvgIpc) is 2.02. The highest BCUT2D eigenvalue weighted by molar-refractivity contribution is 7.92. The van der Waals surface area contributed by atoms with Crippen molar-refractivity contribution < 1.29 is 12.8 Å². The second-order valence-corrected chi connectivity index (χ2v) is 5.75. The van der Waals surface area contributed by atoms with Gasteiger partial charge in [0.05, 0.1) is 15.8 Å². The van der Waals surface area contributed by atoms with Crippen LogP contribution in [0.1, 0.15) is 13.8 Å². The minimum absolute atomic E-state index is 0.00565.